The predicted octanol–water partition coefficient (Wildman–Crippen LogP) is 1.47. The zero-order chi connectivity index (χ0) is 14.9. The van der Waals surface area contributed by atoms with E-state index < -0.39 is 11.5 Å². The third kappa shape index (κ3) is 3.32. The summed E-state index contributed by atoms with van der Waals surface area (Å²) in [6.07, 6.45) is 2.82. The van der Waals surface area contributed by atoms with Gasteiger partial charge in [0.2, 0.25) is 0 Å². The third-order valence-corrected chi connectivity index (χ3v) is 4.43. The van der Waals surface area contributed by atoms with Crippen LogP contribution in [0.5, 0.6) is 0 Å². The van der Waals surface area contributed by atoms with E-state index in [1.165, 1.54) is 0 Å². The Balaban J connectivity index is 2.04. The van der Waals surface area contributed by atoms with Crippen LogP contribution in [0.15, 0.2) is 0 Å². The molecule has 0 bridgehead atoms. The van der Waals surface area contributed by atoms with Gasteiger partial charge in [0.15, 0.2) is 0 Å². The lowest BCUT2D eigenvalue weighted by Gasteiger charge is -2.39. The van der Waals surface area contributed by atoms with Gasteiger partial charge in [0.1, 0.15) is 5.54 Å². The van der Waals surface area contributed by atoms with E-state index in [1.807, 2.05) is 13.8 Å². The SMILES string of the molecule is CC(C)NC1(C(=O)O)CCC(N2C[C@@H](C)O[C@@H](C)C2)C1. The van der Waals surface area contributed by atoms with Crippen LogP contribution in [0.3, 0.4) is 0 Å². The summed E-state index contributed by atoms with van der Waals surface area (Å²) in [4.78, 5) is 14.1. The van der Waals surface area contributed by atoms with Crippen LogP contribution < -0.4 is 5.32 Å². The molecule has 0 aromatic carbocycles. The molecule has 0 radical (unpaired) electrons. The summed E-state index contributed by atoms with van der Waals surface area (Å²) in [6.45, 7) is 10.0. The normalized spacial score (nSPS) is 39.4. The summed E-state index contributed by atoms with van der Waals surface area (Å²) < 4.78 is 5.77. The van der Waals surface area contributed by atoms with Gasteiger partial charge in [0, 0.05) is 25.2 Å². The summed E-state index contributed by atoms with van der Waals surface area (Å²) in [5.74, 6) is -0.706. The molecule has 0 amide bonds. The monoisotopic (exact) mass is 284 g/mol. The number of ether oxygens (including phenoxy) is 1. The number of hydrogen-bond donors (Lipinski definition) is 2. The number of aliphatic carboxylic acids is 1. The van der Waals surface area contributed by atoms with Gasteiger partial charge in [-0.3, -0.25) is 15.0 Å². The third-order valence-electron chi connectivity index (χ3n) is 4.43. The van der Waals surface area contributed by atoms with Crippen molar-refractivity contribution in [1.29, 1.82) is 0 Å². The van der Waals surface area contributed by atoms with E-state index in [0.717, 1.165) is 19.5 Å². The van der Waals surface area contributed by atoms with Gasteiger partial charge < -0.3 is 9.84 Å². The molecule has 2 fully saturated rings. The van der Waals surface area contributed by atoms with Gasteiger partial charge in [-0.1, -0.05) is 0 Å². The Labute approximate surface area is 121 Å². The number of carbonyl (C=O) groups is 1. The van der Waals surface area contributed by atoms with E-state index >= 15 is 0 Å². The Hall–Kier alpha value is -0.650. The molecule has 0 aromatic heterocycles. The Morgan fingerprint density at radius 3 is 2.45 bits per heavy atom. The molecular formula is C15H28N2O3. The summed E-state index contributed by atoms with van der Waals surface area (Å²) in [5, 5.41) is 12.9. The standard InChI is InChI=1S/C15H28N2O3/c1-10(2)16-15(14(18)19)6-5-13(7-15)17-8-11(3)20-12(4)9-17/h10-13,16H,5-9H2,1-4H3,(H,18,19)/t11-,12+,13?,15?. The lowest BCUT2D eigenvalue weighted by atomic mass is 9.96. The topological polar surface area (TPSA) is 61.8 Å². The van der Waals surface area contributed by atoms with Crippen molar-refractivity contribution in [3.63, 3.8) is 0 Å². The summed E-state index contributed by atoms with van der Waals surface area (Å²) >= 11 is 0. The Kier molecular flexibility index (Phi) is 4.72. The molecule has 1 heterocycles. The second-order valence-electron chi connectivity index (χ2n) is 6.79. The lowest BCUT2D eigenvalue weighted by Crippen LogP contribution is -2.55. The Morgan fingerprint density at radius 2 is 1.95 bits per heavy atom. The molecule has 1 aliphatic heterocycles. The van der Waals surface area contributed by atoms with Crippen molar-refractivity contribution in [1.82, 2.24) is 10.2 Å². The molecule has 116 valence electrons. The quantitative estimate of drug-likeness (QED) is 0.818. The molecule has 5 heteroatoms. The van der Waals surface area contributed by atoms with E-state index in [1.54, 1.807) is 0 Å². The number of carboxylic acids is 1. The minimum Gasteiger partial charge on any atom is -0.480 e. The van der Waals surface area contributed by atoms with Crippen LogP contribution in [0.4, 0.5) is 0 Å². The van der Waals surface area contributed by atoms with Crippen LogP contribution >= 0.6 is 0 Å². The molecule has 2 rings (SSSR count). The smallest absolute Gasteiger partial charge is 0.323 e. The largest absolute Gasteiger partial charge is 0.480 e. The van der Waals surface area contributed by atoms with Crippen LogP contribution in [-0.4, -0.2) is 58.9 Å². The van der Waals surface area contributed by atoms with E-state index in [4.69, 9.17) is 4.74 Å². The van der Waals surface area contributed by atoms with E-state index in [0.29, 0.717) is 18.9 Å². The Bertz CT molecular complexity index is 351. The van der Waals surface area contributed by atoms with Crippen molar-refractivity contribution < 1.29 is 14.6 Å². The number of hydrogen-bond acceptors (Lipinski definition) is 4. The van der Waals surface area contributed by atoms with Gasteiger partial charge >= 0.3 is 5.97 Å². The first kappa shape index (κ1) is 15.7. The van der Waals surface area contributed by atoms with E-state index in [2.05, 4.69) is 24.1 Å². The molecule has 4 atom stereocenters. The van der Waals surface area contributed by atoms with E-state index in [-0.39, 0.29) is 18.2 Å². The first-order valence-corrected chi connectivity index (χ1v) is 7.73. The molecule has 2 unspecified atom stereocenters. The fourth-order valence-electron chi connectivity index (χ4n) is 3.79. The maximum atomic E-state index is 11.7. The summed E-state index contributed by atoms with van der Waals surface area (Å²) in [7, 11) is 0. The molecule has 5 nitrogen and oxygen atoms in total. The molecule has 0 spiro atoms. The van der Waals surface area contributed by atoms with Crippen LogP contribution in [0.1, 0.15) is 47.0 Å². The molecule has 0 aromatic rings. The number of nitrogens with one attached hydrogen (secondary N) is 1. The predicted molar refractivity (Wildman–Crippen MR) is 77.9 cm³/mol. The zero-order valence-corrected chi connectivity index (χ0v) is 13.1. The van der Waals surface area contributed by atoms with Crippen molar-refractivity contribution in [2.45, 2.75) is 76.8 Å². The highest BCUT2D eigenvalue weighted by atomic mass is 16.5. The first-order valence-electron chi connectivity index (χ1n) is 7.73. The van der Waals surface area contributed by atoms with Gasteiger partial charge in [-0.25, -0.2) is 0 Å². The fraction of sp³-hybridized carbons (Fsp3) is 0.933. The number of carboxylic acid groups (broad SMARTS) is 1. The van der Waals surface area contributed by atoms with Crippen LogP contribution in [-0.2, 0) is 9.53 Å². The Morgan fingerprint density at radius 1 is 1.35 bits per heavy atom. The highest BCUT2D eigenvalue weighted by Gasteiger charge is 2.47. The van der Waals surface area contributed by atoms with Crippen LogP contribution in [0, 0.1) is 0 Å². The molecular weight excluding hydrogens is 256 g/mol. The average molecular weight is 284 g/mol. The number of rotatable bonds is 4. The highest BCUT2D eigenvalue weighted by Crippen LogP contribution is 2.35. The van der Waals surface area contributed by atoms with Crippen molar-refractivity contribution in [2.24, 2.45) is 0 Å². The zero-order valence-electron chi connectivity index (χ0n) is 13.1. The maximum Gasteiger partial charge on any atom is 0.323 e. The molecule has 1 aliphatic carbocycles. The minimum atomic E-state index is -0.746. The number of morpholine rings is 1. The van der Waals surface area contributed by atoms with Crippen molar-refractivity contribution in [3.8, 4) is 0 Å². The van der Waals surface area contributed by atoms with Gasteiger partial charge in [-0.2, -0.15) is 0 Å². The minimum absolute atomic E-state index is 0.187. The van der Waals surface area contributed by atoms with Gasteiger partial charge in [-0.15, -0.1) is 0 Å². The summed E-state index contributed by atoms with van der Waals surface area (Å²) in [5.41, 5.74) is -0.746. The first-order chi connectivity index (χ1) is 9.32. The van der Waals surface area contributed by atoms with Crippen LogP contribution in [0.25, 0.3) is 0 Å². The molecule has 2 N–H and O–H groups in total. The second kappa shape index (κ2) is 6.00. The van der Waals surface area contributed by atoms with Gasteiger partial charge in [0.25, 0.3) is 0 Å². The maximum absolute atomic E-state index is 11.7. The van der Waals surface area contributed by atoms with Gasteiger partial charge in [0.05, 0.1) is 12.2 Å². The summed E-state index contributed by atoms with van der Waals surface area (Å²) in [6, 6.07) is 0.540. The fourth-order valence-corrected chi connectivity index (χ4v) is 3.79. The molecule has 20 heavy (non-hydrogen) atoms. The van der Waals surface area contributed by atoms with Gasteiger partial charge in [-0.05, 0) is 47.0 Å². The molecule has 1 saturated carbocycles. The highest BCUT2D eigenvalue weighted by molar-refractivity contribution is 5.79. The van der Waals surface area contributed by atoms with Crippen molar-refractivity contribution in [2.75, 3.05) is 13.1 Å². The molecule has 1 saturated heterocycles. The van der Waals surface area contributed by atoms with Crippen LogP contribution in [0.2, 0.25) is 0 Å². The molecule has 2 aliphatic rings. The van der Waals surface area contributed by atoms with Crippen molar-refractivity contribution in [3.05, 3.63) is 0 Å². The lowest BCUT2D eigenvalue weighted by molar-refractivity contribution is -0.145. The average Bonchev–Trinajstić information content (AvgIpc) is 2.72. The van der Waals surface area contributed by atoms with E-state index in [9.17, 15) is 9.90 Å². The number of nitrogens with zero attached hydrogens (tertiary/aromatic N) is 1. The van der Waals surface area contributed by atoms with Crippen molar-refractivity contribution >= 4 is 5.97 Å². The second-order valence-corrected chi connectivity index (χ2v) is 6.79.